The molecular formula is C19H21BrN4O3. The summed E-state index contributed by atoms with van der Waals surface area (Å²) in [5.41, 5.74) is 2.04. The number of carbonyl (C=O) groups is 2. The van der Waals surface area contributed by atoms with Crippen LogP contribution >= 0.6 is 15.9 Å². The number of piperazine rings is 1. The predicted molar refractivity (Wildman–Crippen MR) is 106 cm³/mol. The summed E-state index contributed by atoms with van der Waals surface area (Å²) in [4.78, 5) is 34.9. The fourth-order valence-electron chi connectivity index (χ4n) is 3.57. The summed E-state index contributed by atoms with van der Waals surface area (Å²) in [5.74, 6) is -0.814. The molecule has 27 heavy (non-hydrogen) atoms. The highest BCUT2D eigenvalue weighted by Crippen LogP contribution is 2.28. The molecule has 0 spiro atoms. The van der Waals surface area contributed by atoms with Gasteiger partial charge in [-0.3, -0.25) is 14.6 Å². The molecule has 0 unspecified atom stereocenters. The van der Waals surface area contributed by atoms with Crippen LogP contribution in [0.3, 0.4) is 0 Å². The van der Waals surface area contributed by atoms with Crippen molar-refractivity contribution in [1.29, 1.82) is 0 Å². The van der Waals surface area contributed by atoms with E-state index in [9.17, 15) is 9.59 Å². The van der Waals surface area contributed by atoms with Crippen LogP contribution in [0.15, 0.2) is 34.9 Å². The molecule has 0 saturated carbocycles. The van der Waals surface area contributed by atoms with Gasteiger partial charge < -0.3 is 19.4 Å². The maximum Gasteiger partial charge on any atom is 0.312 e. The van der Waals surface area contributed by atoms with Crippen molar-refractivity contribution in [2.75, 3.05) is 57.4 Å². The van der Waals surface area contributed by atoms with Gasteiger partial charge in [0.15, 0.2) is 0 Å². The molecule has 0 N–H and O–H groups in total. The molecule has 3 heterocycles. The van der Waals surface area contributed by atoms with E-state index < -0.39 is 11.8 Å². The third-order valence-corrected chi connectivity index (χ3v) is 5.56. The Labute approximate surface area is 166 Å². The van der Waals surface area contributed by atoms with Crippen LogP contribution in [-0.2, 0) is 14.3 Å². The van der Waals surface area contributed by atoms with Crippen LogP contribution in [-0.4, -0.2) is 79.1 Å². The van der Waals surface area contributed by atoms with Crippen molar-refractivity contribution in [2.24, 2.45) is 0 Å². The lowest BCUT2D eigenvalue weighted by molar-refractivity contribution is -0.154. The standard InChI is InChI=1S/C19H21BrN4O3/c20-14-1-2-15-16(13-14)21-4-3-17(15)22-5-7-23(8-6-22)18(25)19(26)24-9-11-27-12-10-24/h1-4,13H,5-12H2. The maximum atomic E-state index is 12.6. The number of aromatic nitrogens is 1. The van der Waals surface area contributed by atoms with E-state index in [-0.39, 0.29) is 0 Å². The third-order valence-electron chi connectivity index (χ3n) is 5.07. The van der Waals surface area contributed by atoms with Crippen LogP contribution in [0, 0.1) is 0 Å². The first kappa shape index (κ1) is 18.2. The highest BCUT2D eigenvalue weighted by Gasteiger charge is 2.30. The van der Waals surface area contributed by atoms with Crippen LogP contribution < -0.4 is 4.90 Å². The number of rotatable bonds is 1. The first-order valence-electron chi connectivity index (χ1n) is 9.08. The normalized spacial score (nSPS) is 18.0. The van der Waals surface area contributed by atoms with Gasteiger partial charge in [0.1, 0.15) is 0 Å². The summed E-state index contributed by atoms with van der Waals surface area (Å²) < 4.78 is 6.24. The number of halogens is 1. The molecule has 2 fully saturated rings. The molecule has 0 aliphatic carbocycles. The van der Waals surface area contributed by atoms with Crippen LogP contribution in [0.25, 0.3) is 10.9 Å². The number of nitrogens with zero attached hydrogens (tertiary/aromatic N) is 4. The summed E-state index contributed by atoms with van der Waals surface area (Å²) in [7, 11) is 0. The number of morpholine rings is 1. The van der Waals surface area contributed by atoms with Gasteiger partial charge in [0.2, 0.25) is 0 Å². The van der Waals surface area contributed by atoms with E-state index in [4.69, 9.17) is 4.74 Å². The van der Waals surface area contributed by atoms with Gasteiger partial charge in [-0.05, 0) is 24.3 Å². The van der Waals surface area contributed by atoms with Crippen LogP contribution in [0.1, 0.15) is 0 Å². The van der Waals surface area contributed by atoms with Gasteiger partial charge in [0.25, 0.3) is 0 Å². The Morgan fingerprint density at radius 1 is 0.926 bits per heavy atom. The van der Waals surface area contributed by atoms with Gasteiger partial charge in [-0.1, -0.05) is 15.9 Å². The number of ether oxygens (including phenoxy) is 1. The minimum absolute atomic E-state index is 0.403. The number of pyridine rings is 1. The van der Waals surface area contributed by atoms with Gasteiger partial charge >= 0.3 is 11.8 Å². The topological polar surface area (TPSA) is 66.0 Å². The van der Waals surface area contributed by atoms with Crippen LogP contribution in [0.4, 0.5) is 5.69 Å². The Bertz CT molecular complexity index is 861. The van der Waals surface area contributed by atoms with Crippen molar-refractivity contribution < 1.29 is 14.3 Å². The number of carbonyl (C=O) groups excluding carboxylic acids is 2. The molecule has 2 aromatic rings. The number of hydrogen-bond acceptors (Lipinski definition) is 5. The van der Waals surface area contributed by atoms with E-state index in [0.29, 0.717) is 52.5 Å². The molecule has 142 valence electrons. The number of benzene rings is 1. The van der Waals surface area contributed by atoms with Crippen molar-refractivity contribution in [3.05, 3.63) is 34.9 Å². The highest BCUT2D eigenvalue weighted by atomic mass is 79.9. The molecular weight excluding hydrogens is 412 g/mol. The van der Waals surface area contributed by atoms with Gasteiger partial charge in [-0.25, -0.2) is 0 Å². The zero-order chi connectivity index (χ0) is 18.8. The van der Waals surface area contributed by atoms with Crippen LogP contribution in [0.2, 0.25) is 0 Å². The fraction of sp³-hybridized carbons (Fsp3) is 0.421. The van der Waals surface area contributed by atoms with Gasteiger partial charge in [0, 0.05) is 61.0 Å². The molecule has 1 aromatic carbocycles. The Morgan fingerprint density at radius 3 is 2.30 bits per heavy atom. The lowest BCUT2D eigenvalue weighted by atomic mass is 10.1. The second-order valence-electron chi connectivity index (χ2n) is 6.68. The molecule has 0 radical (unpaired) electrons. The lowest BCUT2D eigenvalue weighted by Gasteiger charge is -2.37. The van der Waals surface area contributed by atoms with Gasteiger partial charge in [0.05, 0.1) is 18.7 Å². The van der Waals surface area contributed by atoms with Gasteiger partial charge in [-0.15, -0.1) is 0 Å². The first-order valence-corrected chi connectivity index (χ1v) is 9.88. The zero-order valence-corrected chi connectivity index (χ0v) is 16.5. The quantitative estimate of drug-likeness (QED) is 0.638. The highest BCUT2D eigenvalue weighted by molar-refractivity contribution is 9.10. The predicted octanol–water partition coefficient (Wildman–Crippen LogP) is 1.50. The summed E-state index contributed by atoms with van der Waals surface area (Å²) >= 11 is 3.48. The molecule has 8 heteroatoms. The Kier molecular flexibility index (Phi) is 5.27. The summed E-state index contributed by atoms with van der Waals surface area (Å²) in [6.45, 7) is 4.43. The second-order valence-corrected chi connectivity index (χ2v) is 7.59. The summed E-state index contributed by atoms with van der Waals surface area (Å²) in [5, 5.41) is 1.09. The van der Waals surface area contributed by atoms with Crippen molar-refractivity contribution in [3.8, 4) is 0 Å². The number of anilines is 1. The fourth-order valence-corrected chi connectivity index (χ4v) is 3.92. The largest absolute Gasteiger partial charge is 0.378 e. The van der Waals surface area contributed by atoms with Crippen molar-refractivity contribution in [1.82, 2.24) is 14.8 Å². The smallest absolute Gasteiger partial charge is 0.312 e. The maximum absolute atomic E-state index is 12.6. The number of amides is 2. The van der Waals surface area contributed by atoms with E-state index in [1.807, 2.05) is 24.4 Å². The summed E-state index contributed by atoms with van der Waals surface area (Å²) in [6, 6.07) is 8.07. The monoisotopic (exact) mass is 432 g/mol. The SMILES string of the molecule is O=C(C(=O)N1CCN(c2ccnc3cc(Br)ccc23)CC1)N1CCOCC1. The second kappa shape index (κ2) is 7.82. The van der Waals surface area contributed by atoms with E-state index in [1.54, 1.807) is 9.80 Å². The molecule has 0 bridgehead atoms. The van der Waals surface area contributed by atoms with Crippen molar-refractivity contribution in [3.63, 3.8) is 0 Å². The van der Waals surface area contributed by atoms with Crippen molar-refractivity contribution in [2.45, 2.75) is 0 Å². The molecule has 4 rings (SSSR count). The summed E-state index contributed by atoms with van der Waals surface area (Å²) in [6.07, 6.45) is 1.81. The first-order chi connectivity index (χ1) is 13.1. The van der Waals surface area contributed by atoms with E-state index in [0.717, 1.165) is 21.1 Å². The molecule has 2 aliphatic rings. The number of hydrogen-bond donors (Lipinski definition) is 0. The van der Waals surface area contributed by atoms with Crippen molar-refractivity contribution >= 4 is 44.3 Å². The van der Waals surface area contributed by atoms with E-state index in [1.165, 1.54) is 0 Å². The molecule has 0 atom stereocenters. The Balaban J connectivity index is 1.43. The van der Waals surface area contributed by atoms with E-state index in [2.05, 4.69) is 31.9 Å². The zero-order valence-electron chi connectivity index (χ0n) is 14.9. The average Bonchev–Trinajstić information content (AvgIpc) is 2.73. The van der Waals surface area contributed by atoms with E-state index >= 15 is 0 Å². The molecule has 2 aliphatic heterocycles. The molecule has 2 amide bonds. The van der Waals surface area contributed by atoms with Crippen LogP contribution in [0.5, 0.6) is 0 Å². The lowest BCUT2D eigenvalue weighted by Crippen LogP contribution is -2.54. The minimum atomic E-state index is -0.411. The Hall–Kier alpha value is -2.19. The molecule has 2 saturated heterocycles. The molecule has 7 nitrogen and oxygen atoms in total. The molecule has 1 aromatic heterocycles. The average molecular weight is 433 g/mol. The minimum Gasteiger partial charge on any atom is -0.378 e. The number of fused-ring (bicyclic) bond motifs is 1. The Morgan fingerprint density at radius 2 is 1.59 bits per heavy atom. The van der Waals surface area contributed by atoms with Gasteiger partial charge in [-0.2, -0.15) is 0 Å². The third kappa shape index (κ3) is 3.77.